The summed E-state index contributed by atoms with van der Waals surface area (Å²) in [6.07, 6.45) is -0.201. The number of aromatic amines is 1. The van der Waals surface area contributed by atoms with Gasteiger partial charge in [-0.05, 0) is 27.7 Å². The molecule has 0 saturated carbocycles. The fraction of sp³-hybridized carbons (Fsp3) is 0.545. The first-order valence-electron chi connectivity index (χ1n) is 5.54. The minimum atomic E-state index is -0.815. The van der Waals surface area contributed by atoms with Crippen LogP contribution in [-0.4, -0.2) is 34.6 Å². The number of imide groups is 1. The van der Waals surface area contributed by atoms with E-state index in [9.17, 15) is 9.59 Å². The molecule has 0 bridgehead atoms. The molecule has 100 valence electrons. The Balaban J connectivity index is 2.91. The van der Waals surface area contributed by atoms with Crippen LogP contribution in [0.5, 0.6) is 0 Å². The number of nitrogens with one attached hydrogen (secondary N) is 1. The van der Waals surface area contributed by atoms with Gasteiger partial charge in [0.2, 0.25) is 0 Å². The number of anilines is 1. The topological polar surface area (TPSA) is 84.5 Å². The standard InChI is InChI=1S/C11H17N3O4/c1-5-17-9(15)14(8-6-7-12-13-8)10(16)18-11(2,3)4/h6-7H,5H2,1-4H3,(H,12,13). The second-order valence-electron chi connectivity index (χ2n) is 4.46. The molecule has 2 amide bonds. The molecule has 1 heterocycles. The Bertz CT molecular complexity index is 408. The highest BCUT2D eigenvalue weighted by Crippen LogP contribution is 2.16. The number of rotatable bonds is 2. The van der Waals surface area contributed by atoms with E-state index < -0.39 is 17.8 Å². The van der Waals surface area contributed by atoms with Gasteiger partial charge in [-0.1, -0.05) is 0 Å². The maximum atomic E-state index is 11.9. The minimum Gasteiger partial charge on any atom is -0.449 e. The molecular formula is C11H17N3O4. The Labute approximate surface area is 105 Å². The average molecular weight is 255 g/mol. The summed E-state index contributed by atoms with van der Waals surface area (Å²) in [5.74, 6) is 0.197. The molecule has 0 radical (unpaired) electrons. The summed E-state index contributed by atoms with van der Waals surface area (Å²) >= 11 is 0. The van der Waals surface area contributed by atoms with Crippen LogP contribution in [0.4, 0.5) is 15.4 Å². The molecule has 0 spiro atoms. The van der Waals surface area contributed by atoms with E-state index in [1.54, 1.807) is 27.7 Å². The van der Waals surface area contributed by atoms with E-state index in [0.29, 0.717) is 0 Å². The molecular weight excluding hydrogens is 238 g/mol. The first kappa shape index (κ1) is 14.0. The van der Waals surface area contributed by atoms with Crippen molar-refractivity contribution in [2.45, 2.75) is 33.3 Å². The number of hydrogen-bond donors (Lipinski definition) is 1. The van der Waals surface area contributed by atoms with Gasteiger partial charge in [0.25, 0.3) is 0 Å². The highest BCUT2D eigenvalue weighted by Gasteiger charge is 2.30. The van der Waals surface area contributed by atoms with Gasteiger partial charge in [0.15, 0.2) is 0 Å². The highest BCUT2D eigenvalue weighted by atomic mass is 16.6. The molecule has 0 unspecified atom stereocenters. The van der Waals surface area contributed by atoms with E-state index >= 15 is 0 Å². The van der Waals surface area contributed by atoms with Crippen LogP contribution in [0.2, 0.25) is 0 Å². The summed E-state index contributed by atoms with van der Waals surface area (Å²) in [5.41, 5.74) is -0.706. The van der Waals surface area contributed by atoms with Crippen molar-refractivity contribution >= 4 is 18.0 Å². The van der Waals surface area contributed by atoms with Crippen molar-refractivity contribution in [3.05, 3.63) is 12.3 Å². The van der Waals surface area contributed by atoms with E-state index in [0.717, 1.165) is 4.90 Å². The molecule has 1 aromatic heterocycles. The van der Waals surface area contributed by atoms with Gasteiger partial charge in [0, 0.05) is 6.07 Å². The monoisotopic (exact) mass is 255 g/mol. The molecule has 0 saturated heterocycles. The van der Waals surface area contributed by atoms with E-state index in [4.69, 9.17) is 9.47 Å². The van der Waals surface area contributed by atoms with Gasteiger partial charge in [-0.25, -0.2) is 9.59 Å². The van der Waals surface area contributed by atoms with Gasteiger partial charge in [0.1, 0.15) is 11.4 Å². The predicted molar refractivity (Wildman–Crippen MR) is 64.3 cm³/mol. The fourth-order valence-corrected chi connectivity index (χ4v) is 1.14. The first-order chi connectivity index (χ1) is 8.35. The Morgan fingerprint density at radius 3 is 2.50 bits per heavy atom. The third-order valence-electron chi connectivity index (χ3n) is 1.75. The summed E-state index contributed by atoms with van der Waals surface area (Å²) in [4.78, 5) is 24.4. The number of H-pyrrole nitrogens is 1. The third-order valence-corrected chi connectivity index (χ3v) is 1.75. The van der Waals surface area contributed by atoms with Crippen LogP contribution in [0.3, 0.4) is 0 Å². The van der Waals surface area contributed by atoms with Crippen LogP contribution in [-0.2, 0) is 9.47 Å². The number of aromatic nitrogens is 2. The molecule has 0 aliphatic heterocycles. The molecule has 0 aliphatic rings. The minimum absolute atomic E-state index is 0.159. The van der Waals surface area contributed by atoms with Gasteiger partial charge >= 0.3 is 12.2 Å². The number of carbonyl (C=O) groups excluding carboxylic acids is 2. The summed E-state index contributed by atoms with van der Waals surface area (Å²) in [6, 6.07) is 1.47. The molecule has 1 aromatic rings. The normalized spacial score (nSPS) is 10.9. The number of hydrogen-bond acceptors (Lipinski definition) is 5. The second kappa shape index (κ2) is 5.52. The molecule has 1 N–H and O–H groups in total. The zero-order valence-corrected chi connectivity index (χ0v) is 10.9. The van der Waals surface area contributed by atoms with Gasteiger partial charge in [-0.2, -0.15) is 10.00 Å². The SMILES string of the molecule is CCOC(=O)N(C(=O)OC(C)(C)C)c1ccn[nH]1. The van der Waals surface area contributed by atoms with Crippen LogP contribution in [0.25, 0.3) is 0 Å². The fourth-order valence-electron chi connectivity index (χ4n) is 1.14. The van der Waals surface area contributed by atoms with E-state index in [-0.39, 0.29) is 12.4 Å². The van der Waals surface area contributed by atoms with Crippen molar-refractivity contribution in [3.8, 4) is 0 Å². The quantitative estimate of drug-likeness (QED) is 0.876. The Morgan fingerprint density at radius 2 is 2.06 bits per heavy atom. The maximum absolute atomic E-state index is 11.9. The van der Waals surface area contributed by atoms with Crippen LogP contribution < -0.4 is 4.90 Å². The summed E-state index contributed by atoms with van der Waals surface area (Å²) in [7, 11) is 0. The summed E-state index contributed by atoms with van der Waals surface area (Å²) in [5, 5.41) is 6.20. The smallest absolute Gasteiger partial charge is 0.425 e. The van der Waals surface area contributed by atoms with Crippen molar-refractivity contribution in [1.29, 1.82) is 0 Å². The molecule has 0 aromatic carbocycles. The zero-order valence-electron chi connectivity index (χ0n) is 10.9. The van der Waals surface area contributed by atoms with Gasteiger partial charge in [-0.3, -0.25) is 5.10 Å². The van der Waals surface area contributed by atoms with Gasteiger partial charge in [0.05, 0.1) is 12.8 Å². The molecule has 7 heteroatoms. The van der Waals surface area contributed by atoms with Gasteiger partial charge in [-0.15, -0.1) is 0 Å². The third kappa shape index (κ3) is 3.76. The Hall–Kier alpha value is -2.05. The largest absolute Gasteiger partial charge is 0.449 e. The van der Waals surface area contributed by atoms with E-state index in [1.807, 2.05) is 0 Å². The van der Waals surface area contributed by atoms with Crippen LogP contribution >= 0.6 is 0 Å². The Kier molecular flexibility index (Phi) is 4.30. The van der Waals surface area contributed by atoms with Crippen molar-refractivity contribution in [2.75, 3.05) is 11.5 Å². The lowest BCUT2D eigenvalue weighted by molar-refractivity contribution is 0.0569. The molecule has 18 heavy (non-hydrogen) atoms. The molecule has 1 rings (SSSR count). The lowest BCUT2D eigenvalue weighted by Gasteiger charge is -2.24. The number of nitrogens with zero attached hydrogens (tertiary/aromatic N) is 2. The summed E-state index contributed by atoms with van der Waals surface area (Å²) in [6.45, 7) is 6.94. The van der Waals surface area contributed by atoms with E-state index in [2.05, 4.69) is 10.2 Å². The molecule has 0 atom stereocenters. The predicted octanol–water partition coefficient (Wildman–Crippen LogP) is 2.31. The summed E-state index contributed by atoms with van der Waals surface area (Å²) < 4.78 is 9.93. The molecule has 7 nitrogen and oxygen atoms in total. The van der Waals surface area contributed by atoms with Crippen molar-refractivity contribution in [1.82, 2.24) is 10.2 Å². The lowest BCUT2D eigenvalue weighted by atomic mass is 10.2. The van der Waals surface area contributed by atoms with Crippen LogP contribution in [0.15, 0.2) is 12.3 Å². The zero-order chi connectivity index (χ0) is 13.8. The highest BCUT2D eigenvalue weighted by molar-refractivity contribution is 6.08. The van der Waals surface area contributed by atoms with Crippen molar-refractivity contribution in [3.63, 3.8) is 0 Å². The van der Waals surface area contributed by atoms with Crippen LogP contribution in [0, 0.1) is 0 Å². The van der Waals surface area contributed by atoms with E-state index in [1.165, 1.54) is 12.3 Å². The van der Waals surface area contributed by atoms with Crippen molar-refractivity contribution < 1.29 is 19.1 Å². The first-order valence-corrected chi connectivity index (χ1v) is 5.54. The molecule has 0 aliphatic carbocycles. The number of amides is 2. The lowest BCUT2D eigenvalue weighted by Crippen LogP contribution is -2.41. The Morgan fingerprint density at radius 1 is 1.39 bits per heavy atom. The maximum Gasteiger partial charge on any atom is 0.425 e. The van der Waals surface area contributed by atoms with Gasteiger partial charge < -0.3 is 9.47 Å². The molecule has 0 fully saturated rings. The van der Waals surface area contributed by atoms with Crippen LogP contribution in [0.1, 0.15) is 27.7 Å². The number of ether oxygens (including phenoxy) is 2. The second-order valence-corrected chi connectivity index (χ2v) is 4.46. The van der Waals surface area contributed by atoms with Crippen molar-refractivity contribution in [2.24, 2.45) is 0 Å². The number of carbonyl (C=O) groups is 2. The average Bonchev–Trinajstić information content (AvgIpc) is 2.68.